The highest BCUT2D eigenvalue weighted by molar-refractivity contribution is 9.10. The van der Waals surface area contributed by atoms with Gasteiger partial charge in [-0.1, -0.05) is 22.0 Å². The van der Waals surface area contributed by atoms with E-state index in [-0.39, 0.29) is 6.42 Å². The molecule has 1 aliphatic rings. The van der Waals surface area contributed by atoms with Crippen molar-refractivity contribution >= 4 is 33.8 Å². The lowest BCUT2D eigenvalue weighted by molar-refractivity contribution is -0.162. The number of carbonyl (C=O) groups excluding carboxylic acids is 3. The van der Waals surface area contributed by atoms with E-state index in [2.05, 4.69) is 31.5 Å². The number of hydrogen-bond donors (Lipinski definition) is 2. The minimum absolute atomic E-state index is 0.167. The molecule has 1 fully saturated rings. The van der Waals surface area contributed by atoms with Crippen molar-refractivity contribution in [3.05, 3.63) is 64.4 Å². The second-order valence-electron chi connectivity index (χ2n) is 6.49. The molecular weight excluding hydrogens is 426 g/mol. The van der Waals surface area contributed by atoms with Gasteiger partial charge in [0.15, 0.2) is 0 Å². The van der Waals surface area contributed by atoms with Crippen molar-refractivity contribution in [1.29, 1.82) is 0 Å². The Morgan fingerprint density at radius 1 is 1.25 bits per heavy atom. The van der Waals surface area contributed by atoms with Crippen LogP contribution >= 0.6 is 15.9 Å². The van der Waals surface area contributed by atoms with Gasteiger partial charge < -0.3 is 15.4 Å². The molecule has 2 N–H and O–H groups in total. The van der Waals surface area contributed by atoms with Gasteiger partial charge in [-0.15, -0.1) is 0 Å². The van der Waals surface area contributed by atoms with Gasteiger partial charge in [0.25, 0.3) is 5.91 Å². The summed E-state index contributed by atoms with van der Waals surface area (Å²) >= 11 is 3.32. The Kier molecular flexibility index (Phi) is 6.89. The fourth-order valence-corrected chi connectivity index (χ4v) is 3.18. The third-order valence-corrected chi connectivity index (χ3v) is 4.93. The molecule has 1 unspecified atom stereocenters. The predicted octanol–water partition coefficient (Wildman–Crippen LogP) is 2.01. The monoisotopic (exact) mass is 445 g/mol. The number of nitrogens with one attached hydrogen (secondary N) is 2. The molecule has 2 atom stereocenters. The molecule has 0 bridgehead atoms. The molecule has 0 aliphatic carbocycles. The topological polar surface area (TPSA) is 97.4 Å². The number of aromatic nitrogens is 1. The van der Waals surface area contributed by atoms with Crippen LogP contribution in [0.25, 0.3) is 0 Å². The molecule has 28 heavy (non-hydrogen) atoms. The first-order chi connectivity index (χ1) is 13.5. The number of carbonyl (C=O) groups is 3. The third kappa shape index (κ3) is 5.46. The lowest BCUT2D eigenvalue weighted by atomic mass is 10.1. The highest BCUT2D eigenvalue weighted by atomic mass is 79.9. The summed E-state index contributed by atoms with van der Waals surface area (Å²) in [6.45, 7) is 0.716. The van der Waals surface area contributed by atoms with E-state index in [1.54, 1.807) is 48.8 Å². The van der Waals surface area contributed by atoms with Crippen molar-refractivity contribution in [2.45, 2.75) is 31.3 Å². The minimum atomic E-state index is -1.01. The van der Waals surface area contributed by atoms with Gasteiger partial charge in [-0.2, -0.15) is 0 Å². The summed E-state index contributed by atoms with van der Waals surface area (Å²) in [4.78, 5) is 41.4. The van der Waals surface area contributed by atoms with E-state index in [1.807, 2.05) is 0 Å². The van der Waals surface area contributed by atoms with E-state index in [4.69, 9.17) is 4.74 Å². The van der Waals surface area contributed by atoms with Crippen LogP contribution in [0.4, 0.5) is 0 Å². The summed E-state index contributed by atoms with van der Waals surface area (Å²) in [6, 6.07) is 8.79. The van der Waals surface area contributed by atoms with Gasteiger partial charge in [0.05, 0.1) is 0 Å². The highest BCUT2D eigenvalue weighted by Crippen LogP contribution is 2.12. The second kappa shape index (κ2) is 9.57. The maximum atomic E-state index is 12.6. The summed E-state index contributed by atoms with van der Waals surface area (Å²) < 4.78 is 5.88. The number of amides is 1. The average molecular weight is 446 g/mol. The smallest absolute Gasteiger partial charge is 0.336 e. The highest BCUT2D eigenvalue weighted by Gasteiger charge is 2.30. The first-order valence-electron chi connectivity index (χ1n) is 8.97. The summed E-state index contributed by atoms with van der Waals surface area (Å²) in [5.74, 6) is -1.82. The van der Waals surface area contributed by atoms with Crippen LogP contribution in [0.5, 0.6) is 0 Å². The standard InChI is InChI=1S/C20H20BrN3O4/c21-15-7-5-14(6-8-15)18(25)24-17(11-13-3-1-9-22-12-13)20(27)28-19(26)16-4-2-10-23-16/h1,3,5-9,12,16-17,23H,2,4,10-11H2,(H,24,25)/t16-,17?/m0/s1. The number of rotatable bonds is 6. The van der Waals surface area contributed by atoms with E-state index < -0.39 is 29.9 Å². The van der Waals surface area contributed by atoms with Gasteiger partial charge in [-0.3, -0.25) is 9.78 Å². The SMILES string of the molecule is O=C(NC(Cc1cccnc1)C(=O)OC(=O)[C@@H]1CCCN1)c1ccc(Br)cc1. The fourth-order valence-electron chi connectivity index (χ4n) is 2.92. The van der Waals surface area contributed by atoms with Crippen molar-refractivity contribution in [2.24, 2.45) is 0 Å². The van der Waals surface area contributed by atoms with Gasteiger partial charge in [0.2, 0.25) is 0 Å². The Bertz CT molecular complexity index is 836. The van der Waals surface area contributed by atoms with E-state index in [1.165, 1.54) is 0 Å². The van der Waals surface area contributed by atoms with Crippen molar-refractivity contribution in [3.8, 4) is 0 Å². The van der Waals surface area contributed by atoms with Crippen molar-refractivity contribution in [1.82, 2.24) is 15.6 Å². The van der Waals surface area contributed by atoms with Crippen molar-refractivity contribution in [3.63, 3.8) is 0 Å². The van der Waals surface area contributed by atoms with E-state index in [0.717, 1.165) is 16.5 Å². The van der Waals surface area contributed by atoms with Crippen molar-refractivity contribution in [2.75, 3.05) is 6.54 Å². The maximum absolute atomic E-state index is 12.6. The number of hydrogen-bond acceptors (Lipinski definition) is 6. The molecule has 1 aromatic carbocycles. The van der Waals surface area contributed by atoms with Crippen LogP contribution in [0.3, 0.4) is 0 Å². The molecule has 8 heteroatoms. The Hall–Kier alpha value is -2.58. The van der Waals surface area contributed by atoms with Crippen LogP contribution in [0.15, 0.2) is 53.3 Å². The van der Waals surface area contributed by atoms with Crippen LogP contribution in [-0.4, -0.2) is 41.5 Å². The summed E-state index contributed by atoms with van der Waals surface area (Å²) in [5, 5.41) is 5.66. The molecule has 0 saturated carbocycles. The molecular formula is C20H20BrN3O4. The van der Waals surface area contributed by atoms with Gasteiger partial charge in [0.1, 0.15) is 12.1 Å². The molecule has 7 nitrogen and oxygen atoms in total. The number of nitrogens with zero attached hydrogens (tertiary/aromatic N) is 1. The molecule has 0 radical (unpaired) electrons. The average Bonchev–Trinajstić information content (AvgIpc) is 3.23. The number of benzene rings is 1. The van der Waals surface area contributed by atoms with Crippen LogP contribution in [0.1, 0.15) is 28.8 Å². The second-order valence-corrected chi connectivity index (χ2v) is 7.40. The molecule has 1 aromatic heterocycles. The normalized spacial score (nSPS) is 17.0. The van der Waals surface area contributed by atoms with E-state index in [9.17, 15) is 14.4 Å². The molecule has 2 aromatic rings. The summed E-state index contributed by atoms with van der Waals surface area (Å²) in [7, 11) is 0. The molecule has 146 valence electrons. The summed E-state index contributed by atoms with van der Waals surface area (Å²) in [6.07, 6.45) is 4.87. The Labute approximate surface area is 171 Å². The number of pyridine rings is 1. The Balaban J connectivity index is 1.71. The third-order valence-electron chi connectivity index (χ3n) is 4.40. The molecule has 0 spiro atoms. The minimum Gasteiger partial charge on any atom is -0.390 e. The van der Waals surface area contributed by atoms with Crippen LogP contribution in [0.2, 0.25) is 0 Å². The zero-order valence-electron chi connectivity index (χ0n) is 15.1. The molecule has 1 saturated heterocycles. The quantitative estimate of drug-likeness (QED) is 0.521. The number of ether oxygens (including phenoxy) is 1. The first-order valence-corrected chi connectivity index (χ1v) is 9.76. The molecule has 2 heterocycles. The lowest BCUT2D eigenvalue weighted by Gasteiger charge is -2.18. The maximum Gasteiger partial charge on any atom is 0.336 e. The largest absolute Gasteiger partial charge is 0.390 e. The van der Waals surface area contributed by atoms with Gasteiger partial charge in [-0.25, -0.2) is 9.59 Å². The Morgan fingerprint density at radius 2 is 2.04 bits per heavy atom. The summed E-state index contributed by atoms with van der Waals surface area (Å²) in [5.41, 5.74) is 1.14. The van der Waals surface area contributed by atoms with Gasteiger partial charge in [-0.05, 0) is 55.3 Å². The van der Waals surface area contributed by atoms with Crippen molar-refractivity contribution < 1.29 is 19.1 Å². The number of esters is 2. The van der Waals surface area contributed by atoms with Gasteiger partial charge >= 0.3 is 11.9 Å². The zero-order chi connectivity index (χ0) is 19.9. The number of halogens is 1. The van der Waals surface area contributed by atoms with Gasteiger partial charge in [0, 0.05) is 28.9 Å². The first kappa shape index (κ1) is 20.2. The predicted molar refractivity (Wildman–Crippen MR) is 105 cm³/mol. The van der Waals surface area contributed by atoms with Crippen LogP contribution in [-0.2, 0) is 20.7 Å². The van der Waals surface area contributed by atoms with E-state index in [0.29, 0.717) is 18.5 Å². The van der Waals surface area contributed by atoms with Crippen LogP contribution in [0, 0.1) is 0 Å². The Morgan fingerprint density at radius 3 is 2.68 bits per heavy atom. The fraction of sp³-hybridized carbons (Fsp3) is 0.300. The molecule has 1 amide bonds. The van der Waals surface area contributed by atoms with E-state index >= 15 is 0 Å². The molecule has 3 rings (SSSR count). The molecule has 1 aliphatic heterocycles. The zero-order valence-corrected chi connectivity index (χ0v) is 16.6. The lowest BCUT2D eigenvalue weighted by Crippen LogP contribution is -2.45. The van der Waals surface area contributed by atoms with Crippen LogP contribution < -0.4 is 10.6 Å².